The van der Waals surface area contributed by atoms with E-state index >= 15 is 0 Å². The van der Waals surface area contributed by atoms with Crippen molar-refractivity contribution in [3.8, 4) is 0 Å². The smallest absolute Gasteiger partial charge is 0.309 e. The first kappa shape index (κ1) is 16.7. The van der Waals surface area contributed by atoms with Crippen LogP contribution in [0.5, 0.6) is 0 Å². The quantitative estimate of drug-likeness (QED) is 0.791. The van der Waals surface area contributed by atoms with Crippen LogP contribution in [0.25, 0.3) is 0 Å². The van der Waals surface area contributed by atoms with Gasteiger partial charge in [0.15, 0.2) is 0 Å². The van der Waals surface area contributed by atoms with Gasteiger partial charge in [-0.25, -0.2) is 4.39 Å². The number of rotatable bonds is 6. The number of hydrogen-bond acceptors (Lipinski definition) is 4. The number of benzene rings is 1. The number of nitrogens with one attached hydrogen (secondary N) is 2. The number of halogens is 1. The zero-order valence-electron chi connectivity index (χ0n) is 12.5. The molecule has 7 heteroatoms. The molecule has 0 fully saturated rings. The third-order valence-electron chi connectivity index (χ3n) is 3.16. The van der Waals surface area contributed by atoms with Gasteiger partial charge in [0, 0.05) is 13.7 Å². The molecule has 2 amide bonds. The summed E-state index contributed by atoms with van der Waals surface area (Å²) in [6.45, 7) is 0.170. The number of methoxy groups -OCH3 is 1. The third kappa shape index (κ3) is 4.93. The minimum absolute atomic E-state index is 0.0486. The summed E-state index contributed by atoms with van der Waals surface area (Å²) in [5.41, 5.74) is 0.573. The molecule has 1 aromatic heterocycles. The number of carbonyl (C=O) groups excluding carboxylic acids is 2. The Morgan fingerprint density at radius 2 is 2.00 bits per heavy atom. The van der Waals surface area contributed by atoms with Crippen LogP contribution < -0.4 is 10.6 Å². The molecule has 2 aromatic rings. The van der Waals surface area contributed by atoms with Crippen molar-refractivity contribution in [2.45, 2.75) is 12.6 Å². The Balaban J connectivity index is 1.83. The third-order valence-corrected chi connectivity index (χ3v) is 3.16. The van der Waals surface area contributed by atoms with Crippen LogP contribution in [0.15, 0.2) is 47.1 Å². The highest BCUT2D eigenvalue weighted by Gasteiger charge is 2.17. The van der Waals surface area contributed by atoms with E-state index < -0.39 is 23.7 Å². The summed E-state index contributed by atoms with van der Waals surface area (Å²) in [6.07, 6.45) is 0.927. The fourth-order valence-corrected chi connectivity index (χ4v) is 1.97. The molecule has 1 heterocycles. The second-order valence-corrected chi connectivity index (χ2v) is 4.75. The van der Waals surface area contributed by atoms with Gasteiger partial charge in [-0.3, -0.25) is 9.59 Å². The van der Waals surface area contributed by atoms with Gasteiger partial charge in [-0.05, 0) is 29.8 Å². The Bertz CT molecular complexity index is 658. The number of carbonyl (C=O) groups is 2. The van der Waals surface area contributed by atoms with Crippen molar-refractivity contribution in [2.24, 2.45) is 0 Å². The molecule has 1 atom stereocenters. The SMILES string of the molecule is CO[C@H](CNC(=O)C(=O)NCc1ccco1)c1cccc(F)c1. The summed E-state index contributed by atoms with van der Waals surface area (Å²) in [7, 11) is 1.44. The van der Waals surface area contributed by atoms with Crippen molar-refractivity contribution >= 4 is 11.8 Å². The number of amides is 2. The summed E-state index contributed by atoms with van der Waals surface area (Å²) >= 11 is 0. The first-order valence-electron chi connectivity index (χ1n) is 6.97. The van der Waals surface area contributed by atoms with Crippen molar-refractivity contribution < 1.29 is 23.1 Å². The normalized spacial score (nSPS) is 11.7. The zero-order valence-corrected chi connectivity index (χ0v) is 12.5. The molecule has 2 rings (SSSR count). The average molecular weight is 320 g/mol. The van der Waals surface area contributed by atoms with Crippen molar-refractivity contribution in [3.63, 3.8) is 0 Å². The van der Waals surface area contributed by atoms with Crippen LogP contribution in [0, 0.1) is 5.82 Å². The second kappa shape index (κ2) is 8.09. The molecule has 0 unspecified atom stereocenters. The van der Waals surface area contributed by atoms with E-state index in [1.807, 2.05) is 0 Å². The topological polar surface area (TPSA) is 80.6 Å². The number of furan rings is 1. The van der Waals surface area contributed by atoms with Crippen LogP contribution in [0.4, 0.5) is 4.39 Å². The summed E-state index contributed by atoms with van der Waals surface area (Å²) in [4.78, 5) is 23.4. The van der Waals surface area contributed by atoms with E-state index in [1.54, 1.807) is 24.3 Å². The highest BCUT2D eigenvalue weighted by atomic mass is 19.1. The van der Waals surface area contributed by atoms with E-state index in [-0.39, 0.29) is 13.1 Å². The van der Waals surface area contributed by atoms with E-state index in [9.17, 15) is 14.0 Å². The lowest BCUT2D eigenvalue weighted by Gasteiger charge is -2.16. The largest absolute Gasteiger partial charge is 0.467 e. The first-order valence-corrected chi connectivity index (χ1v) is 6.97. The van der Waals surface area contributed by atoms with Gasteiger partial charge in [0.05, 0.1) is 18.9 Å². The summed E-state index contributed by atoms with van der Waals surface area (Å²) in [5.74, 6) is -1.43. The second-order valence-electron chi connectivity index (χ2n) is 4.75. The van der Waals surface area contributed by atoms with Gasteiger partial charge in [0.2, 0.25) is 0 Å². The summed E-state index contributed by atoms with van der Waals surface area (Å²) in [5, 5.41) is 4.88. The average Bonchev–Trinajstić information content (AvgIpc) is 3.06. The molecule has 2 N–H and O–H groups in total. The highest BCUT2D eigenvalue weighted by Crippen LogP contribution is 2.16. The van der Waals surface area contributed by atoms with Crippen LogP contribution in [0.2, 0.25) is 0 Å². The lowest BCUT2D eigenvalue weighted by atomic mass is 10.1. The molecule has 1 aromatic carbocycles. The Morgan fingerprint density at radius 3 is 2.65 bits per heavy atom. The molecular formula is C16H17FN2O4. The molecular weight excluding hydrogens is 303 g/mol. The molecule has 122 valence electrons. The predicted molar refractivity (Wildman–Crippen MR) is 79.7 cm³/mol. The predicted octanol–water partition coefficient (Wildman–Crippen LogP) is 1.54. The maximum absolute atomic E-state index is 13.2. The Labute approximate surface area is 132 Å². The molecule has 23 heavy (non-hydrogen) atoms. The van der Waals surface area contributed by atoms with Gasteiger partial charge in [0.25, 0.3) is 0 Å². The summed E-state index contributed by atoms with van der Waals surface area (Å²) in [6, 6.07) is 9.23. The van der Waals surface area contributed by atoms with Gasteiger partial charge in [-0.2, -0.15) is 0 Å². The fourth-order valence-electron chi connectivity index (χ4n) is 1.97. The molecule has 0 radical (unpaired) electrons. The molecule has 0 aliphatic carbocycles. The van der Waals surface area contributed by atoms with E-state index in [1.165, 1.54) is 25.5 Å². The van der Waals surface area contributed by atoms with E-state index in [0.717, 1.165) is 0 Å². The maximum atomic E-state index is 13.2. The molecule has 0 saturated carbocycles. The van der Waals surface area contributed by atoms with Crippen molar-refractivity contribution in [3.05, 3.63) is 59.8 Å². The lowest BCUT2D eigenvalue weighted by Crippen LogP contribution is -2.41. The first-order chi connectivity index (χ1) is 11.1. The van der Waals surface area contributed by atoms with Gasteiger partial charge in [-0.15, -0.1) is 0 Å². The van der Waals surface area contributed by atoms with Crippen LogP contribution >= 0.6 is 0 Å². The maximum Gasteiger partial charge on any atom is 0.309 e. The zero-order chi connectivity index (χ0) is 16.7. The van der Waals surface area contributed by atoms with Crippen molar-refractivity contribution in [1.29, 1.82) is 0 Å². The standard InChI is InChI=1S/C16H17FN2O4/c1-22-14(11-4-2-5-12(17)8-11)10-19-16(21)15(20)18-9-13-6-3-7-23-13/h2-8,14H,9-10H2,1H3,(H,18,20)(H,19,21)/t14-/m1/s1. The molecule has 0 spiro atoms. The Morgan fingerprint density at radius 1 is 1.22 bits per heavy atom. The Kier molecular flexibility index (Phi) is 5.87. The lowest BCUT2D eigenvalue weighted by molar-refractivity contribution is -0.139. The molecule has 0 aliphatic rings. The van der Waals surface area contributed by atoms with Crippen molar-refractivity contribution in [2.75, 3.05) is 13.7 Å². The van der Waals surface area contributed by atoms with Crippen molar-refractivity contribution in [1.82, 2.24) is 10.6 Å². The molecule has 0 saturated heterocycles. The number of ether oxygens (including phenoxy) is 1. The van der Waals surface area contributed by atoms with E-state index in [2.05, 4.69) is 10.6 Å². The minimum Gasteiger partial charge on any atom is -0.467 e. The summed E-state index contributed by atoms with van der Waals surface area (Å²) < 4.78 is 23.5. The molecule has 0 aliphatic heterocycles. The van der Waals surface area contributed by atoms with Crippen LogP contribution in [-0.4, -0.2) is 25.5 Å². The van der Waals surface area contributed by atoms with Gasteiger partial charge in [-0.1, -0.05) is 12.1 Å². The fraction of sp³-hybridized carbons (Fsp3) is 0.250. The molecule has 6 nitrogen and oxygen atoms in total. The monoisotopic (exact) mass is 320 g/mol. The van der Waals surface area contributed by atoms with Gasteiger partial charge >= 0.3 is 11.8 Å². The van der Waals surface area contributed by atoms with Gasteiger partial charge in [0.1, 0.15) is 11.6 Å². The van der Waals surface area contributed by atoms with Crippen LogP contribution in [-0.2, 0) is 20.9 Å². The minimum atomic E-state index is -0.796. The number of hydrogen-bond donors (Lipinski definition) is 2. The van der Waals surface area contributed by atoms with E-state index in [4.69, 9.17) is 9.15 Å². The highest BCUT2D eigenvalue weighted by molar-refractivity contribution is 6.35. The Hall–Kier alpha value is -2.67. The van der Waals surface area contributed by atoms with Gasteiger partial charge < -0.3 is 19.8 Å². The van der Waals surface area contributed by atoms with E-state index in [0.29, 0.717) is 11.3 Å². The van der Waals surface area contributed by atoms with Crippen LogP contribution in [0.1, 0.15) is 17.4 Å². The molecule has 0 bridgehead atoms. The van der Waals surface area contributed by atoms with Crippen LogP contribution in [0.3, 0.4) is 0 Å².